The first kappa shape index (κ1) is 10.5. The molecule has 0 unspecified atom stereocenters. The molecule has 0 bridgehead atoms. The third-order valence-corrected chi connectivity index (χ3v) is 2.62. The number of benzene rings is 1. The molecule has 0 aliphatic carbocycles. The van der Waals surface area contributed by atoms with Gasteiger partial charge in [-0.05, 0) is 19.1 Å². The first-order valence-electron chi connectivity index (χ1n) is 4.88. The van der Waals surface area contributed by atoms with Crippen LogP contribution in [0.1, 0.15) is 12.5 Å². The molecule has 1 aromatic rings. The van der Waals surface area contributed by atoms with Crippen LogP contribution in [0.3, 0.4) is 0 Å². The van der Waals surface area contributed by atoms with Gasteiger partial charge < -0.3 is 10.1 Å². The highest BCUT2D eigenvalue weighted by Crippen LogP contribution is 2.20. The maximum atomic E-state index is 13.2. The van der Waals surface area contributed by atoms with Crippen LogP contribution in [-0.4, -0.2) is 18.7 Å². The fourth-order valence-electron chi connectivity index (χ4n) is 1.50. The minimum absolute atomic E-state index is 0.00521. The SMILES string of the molecule is CC1(OCc2c(F)cccc2F)CNC1. The third-order valence-electron chi connectivity index (χ3n) is 2.62. The summed E-state index contributed by atoms with van der Waals surface area (Å²) in [6.07, 6.45) is 0. The zero-order chi connectivity index (χ0) is 10.9. The van der Waals surface area contributed by atoms with Gasteiger partial charge in [0.25, 0.3) is 0 Å². The number of halogens is 2. The van der Waals surface area contributed by atoms with Crippen LogP contribution in [0.15, 0.2) is 18.2 Å². The molecule has 1 saturated heterocycles. The van der Waals surface area contributed by atoms with E-state index in [1.807, 2.05) is 6.92 Å². The first-order valence-corrected chi connectivity index (χ1v) is 4.88. The van der Waals surface area contributed by atoms with Crippen molar-refractivity contribution in [2.75, 3.05) is 13.1 Å². The maximum Gasteiger partial charge on any atom is 0.131 e. The van der Waals surface area contributed by atoms with Crippen molar-refractivity contribution in [2.45, 2.75) is 19.1 Å². The molecule has 15 heavy (non-hydrogen) atoms. The van der Waals surface area contributed by atoms with Crippen molar-refractivity contribution in [1.29, 1.82) is 0 Å². The van der Waals surface area contributed by atoms with Crippen LogP contribution >= 0.6 is 0 Å². The van der Waals surface area contributed by atoms with Gasteiger partial charge in [0, 0.05) is 18.7 Å². The van der Waals surface area contributed by atoms with Crippen molar-refractivity contribution in [3.8, 4) is 0 Å². The van der Waals surface area contributed by atoms with Gasteiger partial charge in [0.15, 0.2) is 0 Å². The van der Waals surface area contributed by atoms with Crippen LogP contribution in [-0.2, 0) is 11.3 Å². The van der Waals surface area contributed by atoms with Crippen molar-refractivity contribution >= 4 is 0 Å². The molecule has 1 aliphatic rings. The highest BCUT2D eigenvalue weighted by atomic mass is 19.1. The molecule has 0 amide bonds. The summed E-state index contributed by atoms with van der Waals surface area (Å²) in [4.78, 5) is 0. The minimum atomic E-state index is -0.550. The van der Waals surface area contributed by atoms with Gasteiger partial charge in [-0.2, -0.15) is 0 Å². The van der Waals surface area contributed by atoms with Crippen LogP contribution in [0.4, 0.5) is 8.78 Å². The Balaban J connectivity index is 2.04. The van der Waals surface area contributed by atoms with Gasteiger partial charge >= 0.3 is 0 Å². The molecule has 2 rings (SSSR count). The third kappa shape index (κ3) is 2.16. The number of ether oxygens (including phenoxy) is 1. The summed E-state index contributed by atoms with van der Waals surface area (Å²) in [6, 6.07) is 3.83. The van der Waals surface area contributed by atoms with E-state index < -0.39 is 11.6 Å². The molecule has 82 valence electrons. The molecule has 0 saturated carbocycles. The monoisotopic (exact) mass is 213 g/mol. The lowest BCUT2D eigenvalue weighted by Gasteiger charge is -2.39. The fraction of sp³-hybridized carbons (Fsp3) is 0.455. The lowest BCUT2D eigenvalue weighted by molar-refractivity contribution is -0.0783. The summed E-state index contributed by atoms with van der Waals surface area (Å²) in [6.45, 7) is 3.35. The maximum absolute atomic E-state index is 13.2. The molecular formula is C11H13F2NO. The van der Waals surface area contributed by atoms with Crippen molar-refractivity contribution in [1.82, 2.24) is 5.32 Å². The standard InChI is InChI=1S/C11H13F2NO/c1-11(6-14-7-11)15-5-8-9(12)3-2-4-10(8)13/h2-4,14H,5-7H2,1H3. The topological polar surface area (TPSA) is 21.3 Å². The van der Waals surface area contributed by atoms with Gasteiger partial charge in [-0.15, -0.1) is 0 Å². The molecule has 1 aromatic carbocycles. The Morgan fingerprint density at radius 2 is 1.93 bits per heavy atom. The van der Waals surface area contributed by atoms with Crippen molar-refractivity contribution < 1.29 is 13.5 Å². The zero-order valence-electron chi connectivity index (χ0n) is 8.52. The average Bonchev–Trinajstić information content (AvgIpc) is 2.14. The number of hydrogen-bond donors (Lipinski definition) is 1. The molecule has 1 aliphatic heterocycles. The van der Waals surface area contributed by atoms with E-state index in [4.69, 9.17) is 4.74 Å². The molecule has 1 heterocycles. The van der Waals surface area contributed by atoms with Crippen LogP contribution in [0.25, 0.3) is 0 Å². The Morgan fingerprint density at radius 1 is 1.33 bits per heavy atom. The molecule has 1 fully saturated rings. The highest BCUT2D eigenvalue weighted by molar-refractivity contribution is 5.18. The van der Waals surface area contributed by atoms with E-state index in [2.05, 4.69) is 5.32 Å². The van der Waals surface area contributed by atoms with E-state index in [0.717, 1.165) is 13.1 Å². The van der Waals surface area contributed by atoms with E-state index in [0.29, 0.717) is 0 Å². The van der Waals surface area contributed by atoms with Crippen LogP contribution in [0.5, 0.6) is 0 Å². The van der Waals surface area contributed by atoms with Crippen LogP contribution in [0.2, 0.25) is 0 Å². The first-order chi connectivity index (χ1) is 7.11. The number of rotatable bonds is 3. The Labute approximate surface area is 87.2 Å². The summed E-state index contributed by atoms with van der Waals surface area (Å²) in [5.41, 5.74) is -0.278. The van der Waals surface area contributed by atoms with Crippen molar-refractivity contribution in [3.63, 3.8) is 0 Å². The molecule has 0 atom stereocenters. The Kier molecular flexibility index (Phi) is 2.71. The minimum Gasteiger partial charge on any atom is -0.368 e. The van der Waals surface area contributed by atoms with Crippen molar-refractivity contribution in [2.24, 2.45) is 0 Å². The summed E-state index contributed by atoms with van der Waals surface area (Å²) in [5.74, 6) is -1.10. The summed E-state index contributed by atoms with van der Waals surface area (Å²) in [7, 11) is 0. The van der Waals surface area contributed by atoms with Gasteiger partial charge in [0.1, 0.15) is 11.6 Å². The Hall–Kier alpha value is -1.00. The highest BCUT2D eigenvalue weighted by Gasteiger charge is 2.32. The van der Waals surface area contributed by atoms with Crippen LogP contribution < -0.4 is 5.32 Å². The summed E-state index contributed by atoms with van der Waals surface area (Å²) < 4.78 is 31.9. The van der Waals surface area contributed by atoms with Gasteiger partial charge in [0.2, 0.25) is 0 Å². The zero-order valence-corrected chi connectivity index (χ0v) is 8.52. The summed E-state index contributed by atoms with van der Waals surface area (Å²) in [5, 5.41) is 3.05. The van der Waals surface area contributed by atoms with Gasteiger partial charge in [-0.1, -0.05) is 6.07 Å². The molecular weight excluding hydrogens is 200 g/mol. The second-order valence-electron chi connectivity index (χ2n) is 4.04. The molecule has 0 aromatic heterocycles. The second-order valence-corrected chi connectivity index (χ2v) is 4.04. The smallest absolute Gasteiger partial charge is 0.131 e. The lowest BCUT2D eigenvalue weighted by Crippen LogP contribution is -2.58. The average molecular weight is 213 g/mol. The predicted octanol–water partition coefficient (Wildman–Crippen LogP) is 1.84. The van der Waals surface area contributed by atoms with Gasteiger partial charge in [0.05, 0.1) is 12.2 Å². The lowest BCUT2D eigenvalue weighted by atomic mass is 10.00. The quantitative estimate of drug-likeness (QED) is 0.827. The predicted molar refractivity (Wildman–Crippen MR) is 52.4 cm³/mol. The second kappa shape index (κ2) is 3.87. The molecule has 2 nitrogen and oxygen atoms in total. The number of hydrogen-bond acceptors (Lipinski definition) is 2. The largest absolute Gasteiger partial charge is 0.368 e. The van der Waals surface area contributed by atoms with E-state index in [1.54, 1.807) is 0 Å². The molecule has 0 radical (unpaired) electrons. The van der Waals surface area contributed by atoms with Gasteiger partial charge in [-0.25, -0.2) is 8.78 Å². The van der Waals surface area contributed by atoms with E-state index >= 15 is 0 Å². The fourth-order valence-corrected chi connectivity index (χ4v) is 1.50. The van der Waals surface area contributed by atoms with E-state index in [1.165, 1.54) is 18.2 Å². The normalized spacial score (nSPS) is 18.6. The van der Waals surface area contributed by atoms with Crippen molar-refractivity contribution in [3.05, 3.63) is 35.4 Å². The molecule has 4 heteroatoms. The Bertz CT molecular complexity index is 343. The molecule has 1 N–H and O–H groups in total. The molecule has 0 spiro atoms. The van der Waals surface area contributed by atoms with Crippen LogP contribution in [0, 0.1) is 11.6 Å². The van der Waals surface area contributed by atoms with Gasteiger partial charge in [-0.3, -0.25) is 0 Å². The number of nitrogens with one attached hydrogen (secondary N) is 1. The Morgan fingerprint density at radius 3 is 2.40 bits per heavy atom. The van der Waals surface area contributed by atoms with E-state index in [9.17, 15) is 8.78 Å². The van der Waals surface area contributed by atoms with E-state index in [-0.39, 0.29) is 17.8 Å². The summed E-state index contributed by atoms with van der Waals surface area (Å²) >= 11 is 0.